The average molecular weight is 315 g/mol. The Bertz CT molecular complexity index is 957. The van der Waals surface area contributed by atoms with Gasteiger partial charge in [0.2, 0.25) is 5.69 Å². The van der Waals surface area contributed by atoms with Crippen molar-refractivity contribution in [2.24, 2.45) is 12.5 Å². The molecule has 1 aromatic heterocycles. The molecule has 1 heteroatoms. The van der Waals surface area contributed by atoms with Gasteiger partial charge in [-0.05, 0) is 73.1 Å². The van der Waals surface area contributed by atoms with E-state index in [1.54, 1.807) is 24.4 Å². The van der Waals surface area contributed by atoms with Gasteiger partial charge in [0.05, 0.1) is 0 Å². The average Bonchev–Trinajstić information content (AvgIpc) is 2.58. The minimum Gasteiger partial charge on any atom is -0.201 e. The van der Waals surface area contributed by atoms with Crippen LogP contribution >= 0.6 is 0 Å². The maximum Gasteiger partial charge on any atom is 0.212 e. The van der Waals surface area contributed by atoms with E-state index < -0.39 is 24.5 Å². The van der Waals surface area contributed by atoms with Crippen molar-refractivity contribution in [2.45, 2.75) is 59.7 Å². The van der Waals surface area contributed by atoms with E-state index in [0.717, 1.165) is 16.8 Å². The number of benzene rings is 1. The van der Waals surface area contributed by atoms with Crippen LogP contribution in [0.4, 0.5) is 0 Å². The molecule has 0 saturated carbocycles. The van der Waals surface area contributed by atoms with Gasteiger partial charge in [0, 0.05) is 25.4 Å². The van der Waals surface area contributed by atoms with Crippen molar-refractivity contribution >= 4 is 0 Å². The molecule has 0 N–H and O–H groups in total. The molecule has 0 atom stereocenters. The van der Waals surface area contributed by atoms with Gasteiger partial charge in [-0.3, -0.25) is 0 Å². The first-order valence-corrected chi connectivity index (χ1v) is 8.24. The second-order valence-electron chi connectivity index (χ2n) is 7.36. The Morgan fingerprint density at radius 2 is 1.78 bits per heavy atom. The predicted molar refractivity (Wildman–Crippen MR) is 97.6 cm³/mol. The highest BCUT2D eigenvalue weighted by atomic mass is 14.9. The van der Waals surface area contributed by atoms with Crippen LogP contribution in [0, 0.1) is 12.3 Å². The molecule has 1 heterocycles. The van der Waals surface area contributed by atoms with E-state index >= 15 is 0 Å². The van der Waals surface area contributed by atoms with E-state index in [1.165, 1.54) is 0 Å². The van der Waals surface area contributed by atoms with Crippen LogP contribution in [0.25, 0.3) is 11.3 Å². The molecule has 0 fully saturated rings. The predicted octanol–water partition coefficient (Wildman–Crippen LogP) is 4.95. The summed E-state index contributed by atoms with van der Waals surface area (Å²) in [6, 6.07) is 7.24. The number of aromatic nitrogens is 1. The van der Waals surface area contributed by atoms with Gasteiger partial charge in [0.1, 0.15) is 7.05 Å². The van der Waals surface area contributed by atoms with Crippen LogP contribution in [0.2, 0.25) is 0 Å². The fourth-order valence-electron chi connectivity index (χ4n) is 3.06. The Morgan fingerprint density at radius 1 is 1.13 bits per heavy atom. The summed E-state index contributed by atoms with van der Waals surface area (Å²) in [5.41, 5.74) is 3.48. The monoisotopic (exact) mass is 314 g/mol. The van der Waals surface area contributed by atoms with Crippen LogP contribution in [0.1, 0.15) is 64.1 Å². The van der Waals surface area contributed by atoms with Crippen LogP contribution in [-0.4, -0.2) is 0 Å². The number of pyridine rings is 1. The number of hydrogen-bond donors (Lipinski definition) is 0. The van der Waals surface area contributed by atoms with Crippen molar-refractivity contribution < 1.29 is 12.8 Å². The summed E-state index contributed by atoms with van der Waals surface area (Å²) in [4.78, 5) is 0. The van der Waals surface area contributed by atoms with Crippen LogP contribution < -0.4 is 4.57 Å². The topological polar surface area (TPSA) is 3.88 Å². The summed E-state index contributed by atoms with van der Waals surface area (Å²) in [6.45, 7) is 7.55. The lowest BCUT2D eigenvalue weighted by atomic mass is 9.87. The molecule has 1 nitrogen and oxygen atoms in total. The summed E-state index contributed by atoms with van der Waals surface area (Å²) in [5, 5.41) is 0. The fourth-order valence-corrected chi connectivity index (χ4v) is 3.06. The number of nitrogens with zero attached hydrogens (tertiary/aromatic N) is 1. The zero-order chi connectivity index (χ0) is 22.0. The maximum absolute atomic E-state index is 8.52. The van der Waals surface area contributed by atoms with Crippen LogP contribution in [0.15, 0.2) is 30.5 Å². The van der Waals surface area contributed by atoms with Crippen molar-refractivity contribution in [3.8, 4) is 11.3 Å². The Kier molecular flexibility index (Phi) is 2.73. The molecule has 0 aliphatic heterocycles. The van der Waals surface area contributed by atoms with E-state index in [9.17, 15) is 0 Å². The van der Waals surface area contributed by atoms with E-state index in [0.29, 0.717) is 16.7 Å². The lowest BCUT2D eigenvalue weighted by Crippen LogP contribution is -2.32. The number of rotatable bonds is 2. The molecule has 0 saturated heterocycles. The largest absolute Gasteiger partial charge is 0.212 e. The minimum absolute atomic E-state index is 0.159. The molecule has 0 amide bonds. The summed E-state index contributed by atoms with van der Waals surface area (Å²) in [5.74, 6) is 0. The lowest BCUT2D eigenvalue weighted by Gasteiger charge is -2.19. The molecule has 2 aromatic rings. The highest BCUT2D eigenvalue weighted by molar-refractivity contribution is 5.63. The van der Waals surface area contributed by atoms with Crippen molar-refractivity contribution in [1.82, 2.24) is 0 Å². The van der Waals surface area contributed by atoms with Gasteiger partial charge >= 0.3 is 0 Å². The quantitative estimate of drug-likeness (QED) is 0.690. The first-order valence-electron chi connectivity index (χ1n) is 11.2. The Hall–Kier alpha value is -1.63. The van der Waals surface area contributed by atoms with Gasteiger partial charge in [0.25, 0.3) is 0 Å². The van der Waals surface area contributed by atoms with Gasteiger partial charge in [-0.15, -0.1) is 0 Å². The zero-order valence-electron chi connectivity index (χ0n) is 20.7. The van der Waals surface area contributed by atoms with Crippen LogP contribution in [0.3, 0.4) is 0 Å². The zero-order valence-corrected chi connectivity index (χ0v) is 14.7. The van der Waals surface area contributed by atoms with E-state index in [2.05, 4.69) is 0 Å². The molecule has 0 radical (unpaired) electrons. The Labute approximate surface area is 149 Å². The SMILES string of the molecule is [2H]C1([2H])CCC([2H])([2H])c2cc(-c3ccc(C([2H])([2H])C(C)(C)C)c[n+]3C)c(C)cc21. The van der Waals surface area contributed by atoms with Gasteiger partial charge in [-0.1, -0.05) is 26.8 Å². The van der Waals surface area contributed by atoms with E-state index in [-0.39, 0.29) is 12.8 Å². The van der Waals surface area contributed by atoms with Gasteiger partial charge in [0.15, 0.2) is 6.20 Å². The van der Waals surface area contributed by atoms with Crippen molar-refractivity contribution in [3.63, 3.8) is 0 Å². The minimum atomic E-state index is -1.56. The van der Waals surface area contributed by atoms with Gasteiger partial charge < -0.3 is 0 Å². The van der Waals surface area contributed by atoms with Crippen molar-refractivity contribution in [2.75, 3.05) is 0 Å². The van der Waals surface area contributed by atoms with Crippen molar-refractivity contribution in [1.29, 1.82) is 0 Å². The van der Waals surface area contributed by atoms with E-state index in [4.69, 9.17) is 8.22 Å². The number of fused-ring (bicyclic) bond motifs is 1. The molecule has 0 unspecified atom stereocenters. The summed E-state index contributed by atoms with van der Waals surface area (Å²) in [6.07, 6.45) is -2.46. The molecule has 1 aliphatic rings. The highest BCUT2D eigenvalue weighted by Gasteiger charge is 2.19. The molecule has 3 rings (SSSR count). The Balaban J connectivity index is 2.16. The summed E-state index contributed by atoms with van der Waals surface area (Å²) in [7, 11) is 1.87. The maximum atomic E-state index is 8.52. The van der Waals surface area contributed by atoms with E-state index in [1.807, 2.05) is 45.4 Å². The Morgan fingerprint density at radius 3 is 2.39 bits per heavy atom. The number of hydrogen-bond acceptors (Lipinski definition) is 0. The van der Waals surface area contributed by atoms with Crippen molar-refractivity contribution in [3.05, 3.63) is 52.7 Å². The third-order valence-electron chi connectivity index (χ3n) is 4.05. The third-order valence-corrected chi connectivity index (χ3v) is 4.05. The molecule has 1 aromatic carbocycles. The highest BCUT2D eigenvalue weighted by Crippen LogP contribution is 2.29. The summed E-state index contributed by atoms with van der Waals surface area (Å²) >= 11 is 0. The molecule has 1 aliphatic carbocycles. The lowest BCUT2D eigenvalue weighted by molar-refractivity contribution is -0.660. The molecule has 0 spiro atoms. The standard InChI is InChI=1S/C22H30N/c1-16-12-18-8-6-7-9-19(18)13-20(16)21-11-10-17(15-23(21)5)14-22(2,3)4/h10-13,15H,6-9,14H2,1-5H3/q+1/i8D2,9D2,14D2. The molecular weight excluding hydrogens is 278 g/mol. The fraction of sp³-hybridized carbons (Fsp3) is 0.500. The molecule has 0 bridgehead atoms. The first kappa shape index (κ1) is 10.3. The smallest absolute Gasteiger partial charge is 0.201 e. The molecule has 23 heavy (non-hydrogen) atoms. The molecule has 122 valence electrons. The molecular formula is C22H30N+. The number of aryl methyl sites for hydroxylation is 4. The first-order chi connectivity index (χ1) is 13.1. The van der Waals surface area contributed by atoms with Gasteiger partial charge in [-0.25, -0.2) is 4.57 Å². The second kappa shape index (κ2) is 6.11. The normalized spacial score (nSPS) is 23.5. The summed E-state index contributed by atoms with van der Waals surface area (Å²) < 4.78 is 52.3. The third kappa shape index (κ3) is 3.65. The second-order valence-corrected chi connectivity index (χ2v) is 7.36. The van der Waals surface area contributed by atoms with Gasteiger partial charge in [-0.2, -0.15) is 0 Å². The van der Waals surface area contributed by atoms with Crippen LogP contribution in [-0.2, 0) is 26.2 Å². The van der Waals surface area contributed by atoms with Crippen LogP contribution in [0.5, 0.6) is 0 Å².